The van der Waals surface area contributed by atoms with Crippen molar-refractivity contribution in [3.05, 3.63) is 71.4 Å². The Morgan fingerprint density at radius 2 is 1.72 bits per heavy atom. The van der Waals surface area contributed by atoms with Crippen molar-refractivity contribution in [1.29, 1.82) is 0 Å². The molecule has 14 nitrogen and oxygen atoms in total. The zero-order chi connectivity index (χ0) is 38.7. The highest BCUT2D eigenvalue weighted by atomic mass is 32.1. The molecule has 2 fully saturated rings. The summed E-state index contributed by atoms with van der Waals surface area (Å²) in [7, 11) is 0. The number of carbonyl (C=O) groups excluding carboxylic acids is 3. The lowest BCUT2D eigenvalue weighted by Gasteiger charge is -2.38. The van der Waals surface area contributed by atoms with Gasteiger partial charge >= 0.3 is 0 Å². The number of nitrogens with zero attached hydrogens (tertiary/aromatic N) is 6. The number of likely N-dealkylation sites (tertiary alicyclic amines) is 1. The van der Waals surface area contributed by atoms with Crippen molar-refractivity contribution in [1.82, 2.24) is 35.6 Å². The van der Waals surface area contributed by atoms with Gasteiger partial charge in [0, 0.05) is 44.7 Å². The van der Waals surface area contributed by atoms with E-state index in [1.165, 1.54) is 4.90 Å². The summed E-state index contributed by atoms with van der Waals surface area (Å²) in [6.45, 7) is 11.8. The van der Waals surface area contributed by atoms with Gasteiger partial charge in [0.1, 0.15) is 17.8 Å². The van der Waals surface area contributed by atoms with Crippen LogP contribution < -0.4 is 21.3 Å². The minimum absolute atomic E-state index is 0.00277. The zero-order valence-corrected chi connectivity index (χ0v) is 32.1. The van der Waals surface area contributed by atoms with Crippen molar-refractivity contribution in [3.63, 3.8) is 0 Å². The van der Waals surface area contributed by atoms with Crippen molar-refractivity contribution >= 4 is 40.6 Å². The first-order valence-electron chi connectivity index (χ1n) is 18.2. The number of piperazine rings is 1. The van der Waals surface area contributed by atoms with E-state index in [-0.39, 0.29) is 48.9 Å². The second kappa shape index (κ2) is 16.1. The van der Waals surface area contributed by atoms with Gasteiger partial charge in [-0.05, 0) is 48.6 Å². The Balaban J connectivity index is 1.06. The molecule has 3 amide bonds. The fourth-order valence-electron chi connectivity index (χ4n) is 7.04. The number of benzene rings is 2. The molecule has 286 valence electrons. The van der Waals surface area contributed by atoms with Crippen LogP contribution in [0.5, 0.6) is 5.75 Å². The number of thiazole rings is 1. The van der Waals surface area contributed by atoms with E-state index >= 15 is 0 Å². The Labute approximate surface area is 319 Å². The largest absolute Gasteiger partial charge is 0.507 e. The molecule has 0 saturated carbocycles. The van der Waals surface area contributed by atoms with Crippen LogP contribution in [0, 0.1) is 12.3 Å². The van der Waals surface area contributed by atoms with Gasteiger partial charge in [0.15, 0.2) is 5.82 Å². The minimum Gasteiger partial charge on any atom is -0.507 e. The maximum absolute atomic E-state index is 14.2. The summed E-state index contributed by atoms with van der Waals surface area (Å²) in [5, 5.41) is 35.2. The van der Waals surface area contributed by atoms with Gasteiger partial charge in [0.2, 0.25) is 17.7 Å². The molecule has 6 rings (SSSR count). The molecule has 54 heavy (non-hydrogen) atoms. The topological polar surface area (TPSA) is 190 Å². The number of aromatic hydroxyl groups is 1. The Morgan fingerprint density at radius 1 is 1.02 bits per heavy atom. The minimum atomic E-state index is -0.928. The molecule has 6 N–H and O–H groups in total. The Hall–Kier alpha value is -5.12. The lowest BCUT2D eigenvalue weighted by molar-refractivity contribution is -0.144. The van der Waals surface area contributed by atoms with Gasteiger partial charge in [-0.1, -0.05) is 57.2 Å². The van der Waals surface area contributed by atoms with E-state index in [4.69, 9.17) is 5.73 Å². The van der Waals surface area contributed by atoms with E-state index in [1.807, 2.05) is 81.4 Å². The van der Waals surface area contributed by atoms with Crippen molar-refractivity contribution in [3.8, 4) is 27.4 Å². The molecule has 4 heterocycles. The third-order valence-electron chi connectivity index (χ3n) is 10.1. The quantitative estimate of drug-likeness (QED) is 0.160. The first-order valence-corrected chi connectivity index (χ1v) is 19.0. The molecule has 2 aliphatic heterocycles. The van der Waals surface area contributed by atoms with E-state index in [1.54, 1.807) is 29.5 Å². The maximum Gasteiger partial charge on any atom is 0.246 e. The van der Waals surface area contributed by atoms with Crippen molar-refractivity contribution < 1.29 is 24.6 Å². The number of nitrogen functional groups attached to an aromatic ring is 1. The third-order valence-corrected chi connectivity index (χ3v) is 11.1. The predicted molar refractivity (Wildman–Crippen MR) is 209 cm³/mol. The number of aryl methyl sites for hydroxylation is 1. The first kappa shape index (κ1) is 38.6. The van der Waals surface area contributed by atoms with Crippen LogP contribution in [0.25, 0.3) is 21.7 Å². The van der Waals surface area contributed by atoms with E-state index < -0.39 is 29.5 Å². The summed E-state index contributed by atoms with van der Waals surface area (Å²) in [6.07, 6.45) is -0.761. The number of aliphatic hydroxyl groups is 1. The van der Waals surface area contributed by atoms with E-state index in [2.05, 4.69) is 30.7 Å². The number of phenolic OH excluding ortho intramolecular Hbond substituents is 1. The number of nitrogens with two attached hydrogens (primary N) is 1. The highest BCUT2D eigenvalue weighted by molar-refractivity contribution is 7.13. The number of hydrogen-bond donors (Lipinski definition) is 5. The summed E-state index contributed by atoms with van der Waals surface area (Å²) in [4.78, 5) is 52.2. The van der Waals surface area contributed by atoms with Crippen LogP contribution in [0.4, 0.5) is 11.5 Å². The standard InChI is InChI=1S/C39H49N9O5S/c1-23(25-10-12-26(13-11-25)34-24(2)41-22-54-34)42-37(52)31-18-27(49)20-48(31)38(53)35(39(3,4)5)43-33(51)21-46-14-16-47(17-15-46)30-19-29(44-45-36(30)40)28-8-6-7-9-32(28)50/h6-13,19,22-23,27,31,35,49-50H,14-18,20-21H2,1-5H3,(H2,40,45)(H,42,52)(H,43,51)/t23-,27-,31+,35+/m0/s1. The Morgan fingerprint density at radius 3 is 2.37 bits per heavy atom. The van der Waals surface area contributed by atoms with Crippen LogP contribution in [0.1, 0.15) is 51.4 Å². The predicted octanol–water partition coefficient (Wildman–Crippen LogP) is 3.36. The van der Waals surface area contributed by atoms with Crippen LogP contribution in [-0.2, 0) is 14.4 Å². The summed E-state index contributed by atoms with van der Waals surface area (Å²) in [6, 6.07) is 14.5. The molecule has 0 aliphatic carbocycles. The second-order valence-electron chi connectivity index (χ2n) is 15.2. The lowest BCUT2D eigenvalue weighted by Crippen LogP contribution is -2.59. The number of phenols is 1. The molecule has 2 aromatic carbocycles. The van der Waals surface area contributed by atoms with Crippen LogP contribution >= 0.6 is 11.3 Å². The number of anilines is 2. The van der Waals surface area contributed by atoms with Crippen molar-refractivity contribution in [2.45, 2.75) is 65.3 Å². The number of aromatic nitrogens is 3. The van der Waals surface area contributed by atoms with Crippen molar-refractivity contribution in [2.24, 2.45) is 5.41 Å². The van der Waals surface area contributed by atoms with Gasteiger partial charge in [0.05, 0.1) is 46.2 Å². The smallest absolute Gasteiger partial charge is 0.246 e. The summed E-state index contributed by atoms with van der Waals surface area (Å²) in [5.41, 5.74) is 12.0. The zero-order valence-electron chi connectivity index (χ0n) is 31.3. The average Bonchev–Trinajstić information content (AvgIpc) is 3.76. The molecule has 4 atom stereocenters. The number of aliphatic hydroxyl groups excluding tert-OH is 1. The molecule has 0 spiro atoms. The van der Waals surface area contributed by atoms with Gasteiger partial charge in [-0.15, -0.1) is 21.5 Å². The molecule has 2 aliphatic rings. The van der Waals surface area contributed by atoms with E-state index in [0.29, 0.717) is 43.1 Å². The van der Waals surface area contributed by atoms with Crippen LogP contribution in [0.3, 0.4) is 0 Å². The molecule has 0 unspecified atom stereocenters. The highest BCUT2D eigenvalue weighted by Crippen LogP contribution is 2.32. The average molecular weight is 756 g/mol. The molecular weight excluding hydrogens is 707 g/mol. The molecule has 2 saturated heterocycles. The lowest BCUT2D eigenvalue weighted by atomic mass is 9.85. The second-order valence-corrected chi connectivity index (χ2v) is 16.0. The molecule has 0 bridgehead atoms. The fourth-order valence-corrected chi connectivity index (χ4v) is 7.85. The number of hydrogen-bond acceptors (Lipinski definition) is 12. The van der Waals surface area contributed by atoms with E-state index in [0.717, 1.165) is 21.7 Å². The van der Waals surface area contributed by atoms with Gasteiger partial charge < -0.3 is 36.4 Å². The first-order chi connectivity index (χ1) is 25.7. The Bertz CT molecular complexity index is 1970. The van der Waals surface area contributed by atoms with Gasteiger partial charge in [-0.25, -0.2) is 4.98 Å². The SMILES string of the molecule is Cc1ncsc1-c1ccc([C@H](C)NC(=O)[C@H]2C[C@H](O)CN2C(=O)[C@@H](NC(=O)CN2CCN(c3cc(-c4ccccc4O)nnc3N)CC2)C(C)(C)C)cc1. The van der Waals surface area contributed by atoms with Crippen molar-refractivity contribution in [2.75, 3.05) is 49.9 Å². The number of rotatable bonds is 10. The van der Waals surface area contributed by atoms with Crippen LogP contribution in [-0.4, -0.2) is 110 Å². The molecule has 4 aromatic rings. The highest BCUT2D eigenvalue weighted by Gasteiger charge is 2.45. The van der Waals surface area contributed by atoms with E-state index in [9.17, 15) is 24.6 Å². The van der Waals surface area contributed by atoms with Gasteiger partial charge in [0.25, 0.3) is 0 Å². The van der Waals surface area contributed by atoms with Crippen LogP contribution in [0.15, 0.2) is 60.1 Å². The number of nitrogens with one attached hydrogen (secondary N) is 2. The number of carbonyl (C=O) groups is 3. The normalized spacial score (nSPS) is 19.0. The Kier molecular flexibility index (Phi) is 11.5. The number of para-hydroxylation sites is 1. The fraction of sp³-hybridized carbons (Fsp3) is 0.436. The summed E-state index contributed by atoms with van der Waals surface area (Å²) >= 11 is 1.58. The number of β-amino-alcohol motifs (C(OH)–C–C–N with tert-alkyl or cyclic N) is 1. The summed E-state index contributed by atoms with van der Waals surface area (Å²) < 4.78 is 0. The summed E-state index contributed by atoms with van der Waals surface area (Å²) in [5.74, 6) is -0.702. The van der Waals surface area contributed by atoms with Crippen LogP contribution in [0.2, 0.25) is 0 Å². The third kappa shape index (κ3) is 8.64. The molecule has 2 aromatic heterocycles. The van der Waals surface area contributed by atoms with Gasteiger partial charge in [-0.3, -0.25) is 19.3 Å². The molecule has 15 heteroatoms. The maximum atomic E-state index is 14.2. The molecule has 0 radical (unpaired) electrons. The number of amides is 3. The van der Waals surface area contributed by atoms with Gasteiger partial charge in [-0.2, -0.15) is 0 Å². The monoisotopic (exact) mass is 755 g/mol. The molecular formula is C39H49N9O5S.